The highest BCUT2D eigenvalue weighted by Gasteiger charge is 2.30. The van der Waals surface area contributed by atoms with Crippen LogP contribution in [0, 0.1) is 6.92 Å². The second-order valence-electron chi connectivity index (χ2n) is 5.35. The number of halogens is 1. The van der Waals surface area contributed by atoms with E-state index >= 15 is 0 Å². The zero-order chi connectivity index (χ0) is 17.3. The fourth-order valence-corrected chi connectivity index (χ4v) is 2.81. The van der Waals surface area contributed by atoms with Gasteiger partial charge in [0.25, 0.3) is 0 Å². The van der Waals surface area contributed by atoms with Gasteiger partial charge in [0.1, 0.15) is 11.5 Å². The number of ketones is 1. The fourth-order valence-electron chi connectivity index (χ4n) is 2.41. The monoisotopic (exact) mass is 386 g/mol. The van der Waals surface area contributed by atoms with Crippen LogP contribution in [0.2, 0.25) is 0 Å². The number of allylic oxidation sites excluding steroid dienone is 1. The van der Waals surface area contributed by atoms with Crippen LogP contribution < -0.4 is 9.47 Å². The van der Waals surface area contributed by atoms with Crippen LogP contribution >= 0.6 is 15.9 Å². The quantitative estimate of drug-likeness (QED) is 0.436. The van der Waals surface area contributed by atoms with E-state index in [1.807, 2.05) is 24.3 Å². The summed E-state index contributed by atoms with van der Waals surface area (Å²) in [4.78, 5) is 24.0. The van der Waals surface area contributed by atoms with Crippen molar-refractivity contribution in [2.24, 2.45) is 0 Å². The summed E-state index contributed by atoms with van der Waals surface area (Å²) in [5.41, 5.74) is 1.96. The molecule has 2 aromatic carbocycles. The number of hydrogen-bond acceptors (Lipinski definition) is 4. The molecule has 1 aliphatic rings. The standard InChI is InChI=1S/C19H15BrO4/c1-3-17(21)23-15-9-8-13-18(22)16(24-19(13)11(15)2)10-12-6-4-5-7-14(12)20/h4-10H,3H2,1-2H3/b16-10-. The number of carbonyl (C=O) groups is 2. The Bertz CT molecular complexity index is 868. The Balaban J connectivity index is 1.97. The maximum Gasteiger partial charge on any atom is 0.310 e. The molecular weight excluding hydrogens is 372 g/mol. The van der Waals surface area contributed by atoms with Crippen molar-refractivity contribution in [3.8, 4) is 11.5 Å². The van der Waals surface area contributed by atoms with Gasteiger partial charge in [0, 0.05) is 16.5 Å². The Morgan fingerprint density at radius 1 is 1.25 bits per heavy atom. The molecule has 1 heterocycles. The molecule has 0 aromatic heterocycles. The van der Waals surface area contributed by atoms with Crippen LogP contribution in [0.15, 0.2) is 46.6 Å². The van der Waals surface area contributed by atoms with Gasteiger partial charge < -0.3 is 9.47 Å². The number of benzene rings is 2. The average Bonchev–Trinajstić information content (AvgIpc) is 2.89. The van der Waals surface area contributed by atoms with Crippen LogP contribution in [0.3, 0.4) is 0 Å². The summed E-state index contributed by atoms with van der Waals surface area (Å²) in [7, 11) is 0. The van der Waals surface area contributed by atoms with E-state index in [0.29, 0.717) is 22.6 Å². The number of rotatable bonds is 3. The zero-order valence-electron chi connectivity index (χ0n) is 13.3. The number of hydrogen-bond donors (Lipinski definition) is 0. The molecule has 24 heavy (non-hydrogen) atoms. The van der Waals surface area contributed by atoms with Crippen LogP contribution in [0.4, 0.5) is 0 Å². The molecule has 0 unspecified atom stereocenters. The molecule has 0 N–H and O–H groups in total. The Morgan fingerprint density at radius 3 is 2.71 bits per heavy atom. The Labute approximate surface area is 148 Å². The topological polar surface area (TPSA) is 52.6 Å². The number of esters is 1. The maximum atomic E-state index is 12.5. The van der Waals surface area contributed by atoms with Crippen molar-refractivity contribution < 1.29 is 19.1 Å². The Morgan fingerprint density at radius 2 is 2.00 bits per heavy atom. The summed E-state index contributed by atoms with van der Waals surface area (Å²) in [5, 5.41) is 0. The van der Waals surface area contributed by atoms with E-state index in [2.05, 4.69) is 15.9 Å². The summed E-state index contributed by atoms with van der Waals surface area (Å²) in [6, 6.07) is 10.8. The van der Waals surface area contributed by atoms with E-state index in [-0.39, 0.29) is 23.9 Å². The molecular formula is C19H15BrO4. The number of carbonyl (C=O) groups excluding carboxylic acids is 2. The van der Waals surface area contributed by atoms with Crippen molar-refractivity contribution in [3.63, 3.8) is 0 Å². The third-order valence-electron chi connectivity index (χ3n) is 3.74. The molecule has 5 heteroatoms. The molecule has 0 radical (unpaired) electrons. The van der Waals surface area contributed by atoms with E-state index in [9.17, 15) is 9.59 Å². The highest BCUT2D eigenvalue weighted by atomic mass is 79.9. The van der Waals surface area contributed by atoms with Gasteiger partial charge in [-0.15, -0.1) is 0 Å². The number of ether oxygens (including phenoxy) is 2. The van der Waals surface area contributed by atoms with Gasteiger partial charge in [-0.05, 0) is 36.8 Å². The van der Waals surface area contributed by atoms with Gasteiger partial charge in [0.15, 0.2) is 5.76 Å². The molecule has 1 aliphatic heterocycles. The Kier molecular flexibility index (Phi) is 4.53. The average molecular weight is 387 g/mol. The molecule has 2 aromatic rings. The van der Waals surface area contributed by atoms with E-state index in [1.54, 1.807) is 32.1 Å². The second-order valence-corrected chi connectivity index (χ2v) is 6.21. The second kappa shape index (κ2) is 6.61. The molecule has 122 valence electrons. The Hall–Kier alpha value is -2.40. The van der Waals surface area contributed by atoms with Gasteiger partial charge in [0.2, 0.25) is 5.78 Å². The van der Waals surface area contributed by atoms with Crippen molar-refractivity contribution in [2.45, 2.75) is 20.3 Å². The minimum absolute atomic E-state index is 0.183. The molecule has 0 spiro atoms. The van der Waals surface area contributed by atoms with Gasteiger partial charge in [-0.25, -0.2) is 0 Å². The lowest BCUT2D eigenvalue weighted by Crippen LogP contribution is -2.06. The smallest absolute Gasteiger partial charge is 0.310 e. The van der Waals surface area contributed by atoms with Crippen molar-refractivity contribution in [1.29, 1.82) is 0 Å². The van der Waals surface area contributed by atoms with Gasteiger partial charge in [0.05, 0.1) is 5.56 Å². The van der Waals surface area contributed by atoms with Gasteiger partial charge in [-0.3, -0.25) is 9.59 Å². The van der Waals surface area contributed by atoms with E-state index in [1.165, 1.54) is 0 Å². The van der Waals surface area contributed by atoms with E-state index < -0.39 is 0 Å². The first-order valence-electron chi connectivity index (χ1n) is 7.54. The maximum absolute atomic E-state index is 12.5. The molecule has 0 saturated carbocycles. The zero-order valence-corrected chi connectivity index (χ0v) is 14.8. The molecule has 0 saturated heterocycles. The molecule has 0 atom stereocenters. The highest BCUT2D eigenvalue weighted by molar-refractivity contribution is 9.10. The summed E-state index contributed by atoms with van der Waals surface area (Å²) in [5.74, 6) is 0.595. The van der Waals surface area contributed by atoms with Crippen LogP contribution in [-0.2, 0) is 4.79 Å². The van der Waals surface area contributed by atoms with E-state index in [4.69, 9.17) is 9.47 Å². The van der Waals surface area contributed by atoms with Crippen molar-refractivity contribution >= 4 is 33.8 Å². The molecule has 4 nitrogen and oxygen atoms in total. The lowest BCUT2D eigenvalue weighted by molar-refractivity contribution is -0.134. The number of fused-ring (bicyclic) bond motifs is 1. The summed E-state index contributed by atoms with van der Waals surface area (Å²) >= 11 is 3.45. The minimum Gasteiger partial charge on any atom is -0.452 e. The molecule has 0 bridgehead atoms. The third-order valence-corrected chi connectivity index (χ3v) is 4.46. The van der Waals surface area contributed by atoms with Crippen molar-refractivity contribution in [2.75, 3.05) is 0 Å². The molecule has 0 amide bonds. The van der Waals surface area contributed by atoms with Crippen LogP contribution in [0.25, 0.3) is 6.08 Å². The first-order chi connectivity index (χ1) is 11.5. The van der Waals surface area contributed by atoms with Crippen molar-refractivity contribution in [3.05, 3.63) is 63.3 Å². The van der Waals surface area contributed by atoms with E-state index in [0.717, 1.165) is 10.0 Å². The summed E-state index contributed by atoms with van der Waals surface area (Å²) in [6.07, 6.45) is 1.98. The molecule has 3 rings (SSSR count). The third kappa shape index (κ3) is 2.99. The lowest BCUT2D eigenvalue weighted by atomic mass is 10.1. The fraction of sp³-hybridized carbons (Fsp3) is 0.158. The first-order valence-corrected chi connectivity index (χ1v) is 8.33. The van der Waals surface area contributed by atoms with Gasteiger partial charge >= 0.3 is 5.97 Å². The lowest BCUT2D eigenvalue weighted by Gasteiger charge is -2.09. The van der Waals surface area contributed by atoms with Crippen LogP contribution in [-0.4, -0.2) is 11.8 Å². The largest absolute Gasteiger partial charge is 0.452 e. The number of Topliss-reactive ketones (excluding diaryl/α,β-unsaturated/α-hetero) is 1. The van der Waals surface area contributed by atoms with Gasteiger partial charge in [-0.1, -0.05) is 41.1 Å². The highest BCUT2D eigenvalue weighted by Crippen LogP contribution is 2.39. The predicted molar refractivity (Wildman–Crippen MR) is 94.2 cm³/mol. The van der Waals surface area contributed by atoms with Crippen LogP contribution in [0.1, 0.15) is 34.8 Å². The molecule has 0 aliphatic carbocycles. The SMILES string of the molecule is CCC(=O)Oc1ccc2c(c1C)O/C(=C\c1ccccc1Br)C2=O. The van der Waals surface area contributed by atoms with Crippen molar-refractivity contribution in [1.82, 2.24) is 0 Å². The van der Waals surface area contributed by atoms with Crippen LogP contribution in [0.5, 0.6) is 11.5 Å². The predicted octanol–water partition coefficient (Wildman–Crippen LogP) is 4.69. The first kappa shape index (κ1) is 16.5. The minimum atomic E-state index is -0.327. The van der Waals surface area contributed by atoms with Gasteiger partial charge in [-0.2, -0.15) is 0 Å². The normalized spacial score (nSPS) is 14.5. The summed E-state index contributed by atoms with van der Waals surface area (Å²) < 4.78 is 11.9. The summed E-state index contributed by atoms with van der Waals surface area (Å²) in [6.45, 7) is 3.50. The molecule has 0 fully saturated rings.